The number of H-pyrrole nitrogens is 1. The van der Waals surface area contributed by atoms with E-state index in [0.29, 0.717) is 18.0 Å². The van der Waals surface area contributed by atoms with Crippen LogP contribution >= 0.6 is 0 Å². The molecule has 1 aromatic heterocycles. The van der Waals surface area contributed by atoms with E-state index in [9.17, 15) is 14.7 Å². The number of aromatic nitrogens is 2. The maximum absolute atomic E-state index is 12.3. The third-order valence-corrected chi connectivity index (χ3v) is 4.73. The van der Waals surface area contributed by atoms with Gasteiger partial charge in [-0.1, -0.05) is 12.1 Å². The average Bonchev–Trinajstić information content (AvgIpc) is 2.75. The lowest BCUT2D eigenvalue weighted by Gasteiger charge is -2.31. The Morgan fingerprint density at radius 3 is 2.66 bits per heavy atom. The van der Waals surface area contributed by atoms with Gasteiger partial charge in [-0.25, -0.2) is 9.78 Å². The number of benzene rings is 1. The van der Waals surface area contributed by atoms with Crippen LogP contribution in [0.2, 0.25) is 0 Å². The lowest BCUT2D eigenvalue weighted by molar-refractivity contribution is -0.122. The van der Waals surface area contributed by atoms with Crippen LogP contribution in [0.1, 0.15) is 23.2 Å². The van der Waals surface area contributed by atoms with Crippen molar-refractivity contribution >= 4 is 12.4 Å². The minimum absolute atomic E-state index is 0.105. The first-order chi connectivity index (χ1) is 14.1. The Hall–Kier alpha value is -3.04. The van der Waals surface area contributed by atoms with Crippen LogP contribution in [0.15, 0.2) is 41.5 Å². The van der Waals surface area contributed by atoms with E-state index in [1.807, 2.05) is 12.1 Å². The first-order valence-electron chi connectivity index (χ1n) is 9.41. The van der Waals surface area contributed by atoms with Gasteiger partial charge < -0.3 is 25.4 Å². The molecule has 0 spiro atoms. The SMILES string of the molecule is O=C(NCCN1CCCC(CO)C1)c1ccc(-c2cnc(=O)[nH]c2)cc1.O=CO. The van der Waals surface area contributed by atoms with Crippen LogP contribution in [-0.4, -0.2) is 70.2 Å². The van der Waals surface area contributed by atoms with Gasteiger partial charge in [0.25, 0.3) is 12.4 Å². The molecule has 0 bridgehead atoms. The van der Waals surface area contributed by atoms with E-state index in [1.54, 1.807) is 18.3 Å². The van der Waals surface area contributed by atoms with E-state index in [-0.39, 0.29) is 24.7 Å². The zero-order valence-electron chi connectivity index (χ0n) is 16.1. The molecule has 0 aliphatic carbocycles. The first kappa shape index (κ1) is 22.3. The summed E-state index contributed by atoms with van der Waals surface area (Å²) >= 11 is 0. The molecule has 1 fully saturated rings. The molecule has 1 saturated heterocycles. The molecule has 0 saturated carbocycles. The number of piperidine rings is 1. The Balaban J connectivity index is 0.000000941. The van der Waals surface area contributed by atoms with E-state index < -0.39 is 0 Å². The zero-order chi connectivity index (χ0) is 21.1. The summed E-state index contributed by atoms with van der Waals surface area (Å²) in [4.78, 5) is 40.2. The smallest absolute Gasteiger partial charge is 0.344 e. The van der Waals surface area contributed by atoms with Gasteiger partial charge in [0.1, 0.15) is 0 Å². The molecule has 1 aliphatic rings. The van der Waals surface area contributed by atoms with Crippen molar-refractivity contribution in [3.05, 3.63) is 52.7 Å². The summed E-state index contributed by atoms with van der Waals surface area (Å²) in [6.07, 6.45) is 5.28. The molecule has 1 atom stereocenters. The van der Waals surface area contributed by atoms with E-state index in [2.05, 4.69) is 20.2 Å². The Labute approximate surface area is 168 Å². The predicted octanol–water partition coefficient (Wildman–Crippen LogP) is 0.572. The van der Waals surface area contributed by atoms with Gasteiger partial charge in [-0.05, 0) is 43.0 Å². The van der Waals surface area contributed by atoms with E-state index in [1.165, 1.54) is 6.20 Å². The molecule has 1 unspecified atom stereocenters. The lowest BCUT2D eigenvalue weighted by atomic mass is 9.99. The van der Waals surface area contributed by atoms with Crippen molar-refractivity contribution in [2.24, 2.45) is 5.92 Å². The fourth-order valence-corrected chi connectivity index (χ4v) is 3.25. The Kier molecular flexibility index (Phi) is 9.00. The number of amides is 1. The van der Waals surface area contributed by atoms with Gasteiger partial charge in [0, 0.05) is 49.8 Å². The zero-order valence-corrected chi connectivity index (χ0v) is 16.1. The molecule has 1 aliphatic heterocycles. The fourth-order valence-electron chi connectivity index (χ4n) is 3.25. The number of carbonyl (C=O) groups is 2. The first-order valence-corrected chi connectivity index (χ1v) is 9.41. The molecule has 156 valence electrons. The third kappa shape index (κ3) is 7.13. The molecule has 29 heavy (non-hydrogen) atoms. The van der Waals surface area contributed by atoms with Crippen LogP contribution < -0.4 is 11.0 Å². The number of hydrogen-bond donors (Lipinski definition) is 4. The van der Waals surface area contributed by atoms with Crippen LogP contribution in [0.5, 0.6) is 0 Å². The molecule has 1 aromatic carbocycles. The number of carboxylic acid groups (broad SMARTS) is 1. The molecule has 1 amide bonds. The Morgan fingerprint density at radius 1 is 1.31 bits per heavy atom. The highest BCUT2D eigenvalue weighted by molar-refractivity contribution is 5.94. The molecule has 9 nitrogen and oxygen atoms in total. The van der Waals surface area contributed by atoms with Crippen molar-refractivity contribution in [2.45, 2.75) is 12.8 Å². The van der Waals surface area contributed by atoms with E-state index >= 15 is 0 Å². The van der Waals surface area contributed by atoms with Crippen molar-refractivity contribution < 1.29 is 19.8 Å². The number of nitrogens with one attached hydrogen (secondary N) is 2. The van der Waals surface area contributed by atoms with Crippen molar-refractivity contribution in [2.75, 3.05) is 32.8 Å². The largest absolute Gasteiger partial charge is 0.483 e. The van der Waals surface area contributed by atoms with Crippen LogP contribution in [-0.2, 0) is 4.79 Å². The molecular formula is C20H26N4O5. The van der Waals surface area contributed by atoms with Crippen LogP contribution in [0.3, 0.4) is 0 Å². The Bertz CT molecular complexity index is 817. The molecule has 2 aromatic rings. The number of rotatable bonds is 6. The summed E-state index contributed by atoms with van der Waals surface area (Å²) in [5, 5.41) is 19.1. The highest BCUT2D eigenvalue weighted by Crippen LogP contribution is 2.17. The quantitative estimate of drug-likeness (QED) is 0.519. The van der Waals surface area contributed by atoms with E-state index in [0.717, 1.165) is 43.6 Å². The average molecular weight is 402 g/mol. The molecule has 0 radical (unpaired) electrons. The molecule has 4 N–H and O–H groups in total. The summed E-state index contributed by atoms with van der Waals surface area (Å²) in [5.74, 6) is 0.251. The van der Waals surface area contributed by atoms with Crippen LogP contribution in [0.4, 0.5) is 0 Å². The predicted molar refractivity (Wildman–Crippen MR) is 108 cm³/mol. The number of aliphatic hydroxyl groups excluding tert-OH is 1. The summed E-state index contributed by atoms with van der Waals surface area (Å²) in [5.41, 5.74) is 1.88. The van der Waals surface area contributed by atoms with Crippen molar-refractivity contribution in [1.82, 2.24) is 20.2 Å². The van der Waals surface area contributed by atoms with Gasteiger partial charge in [0.2, 0.25) is 0 Å². The summed E-state index contributed by atoms with van der Waals surface area (Å²) in [6, 6.07) is 7.19. The number of aromatic amines is 1. The fraction of sp³-hybridized carbons (Fsp3) is 0.400. The number of carbonyl (C=O) groups excluding carboxylic acids is 1. The van der Waals surface area contributed by atoms with Crippen LogP contribution in [0.25, 0.3) is 11.1 Å². The van der Waals surface area contributed by atoms with Gasteiger partial charge in [-0.2, -0.15) is 0 Å². The highest BCUT2D eigenvalue weighted by atomic mass is 16.3. The summed E-state index contributed by atoms with van der Waals surface area (Å²) in [6.45, 7) is 3.29. The van der Waals surface area contributed by atoms with Crippen molar-refractivity contribution in [1.29, 1.82) is 0 Å². The maximum atomic E-state index is 12.3. The van der Waals surface area contributed by atoms with Gasteiger partial charge in [-0.15, -0.1) is 0 Å². The van der Waals surface area contributed by atoms with Gasteiger partial charge >= 0.3 is 5.69 Å². The minimum Gasteiger partial charge on any atom is -0.483 e. The number of aliphatic hydroxyl groups is 1. The van der Waals surface area contributed by atoms with E-state index in [4.69, 9.17) is 9.90 Å². The Morgan fingerprint density at radius 2 is 2.03 bits per heavy atom. The molecule has 2 heterocycles. The monoisotopic (exact) mass is 402 g/mol. The second-order valence-corrected chi connectivity index (χ2v) is 6.74. The summed E-state index contributed by atoms with van der Waals surface area (Å²) < 4.78 is 0. The topological polar surface area (TPSA) is 136 Å². The third-order valence-electron chi connectivity index (χ3n) is 4.73. The normalized spacial score (nSPS) is 16.4. The second kappa shape index (κ2) is 11.7. The maximum Gasteiger partial charge on any atom is 0.344 e. The molecule has 9 heteroatoms. The van der Waals surface area contributed by atoms with Gasteiger partial charge in [-0.3, -0.25) is 9.59 Å². The highest BCUT2D eigenvalue weighted by Gasteiger charge is 2.18. The second-order valence-electron chi connectivity index (χ2n) is 6.74. The van der Waals surface area contributed by atoms with Gasteiger partial charge in [0.05, 0.1) is 0 Å². The number of hydrogen-bond acceptors (Lipinski definition) is 6. The van der Waals surface area contributed by atoms with Crippen LogP contribution in [0, 0.1) is 5.92 Å². The van der Waals surface area contributed by atoms with Crippen molar-refractivity contribution in [3.63, 3.8) is 0 Å². The van der Waals surface area contributed by atoms with Gasteiger partial charge in [0.15, 0.2) is 0 Å². The lowest BCUT2D eigenvalue weighted by Crippen LogP contribution is -2.41. The summed E-state index contributed by atoms with van der Waals surface area (Å²) in [7, 11) is 0. The minimum atomic E-state index is -0.385. The standard InChI is InChI=1S/C19H24N4O3.CH2O2/c24-13-14-2-1-8-23(12-14)9-7-20-18(25)16-5-3-15(4-6-16)17-10-21-19(26)22-11-17;2-1-3/h3-6,10-11,14,24H,1-2,7-9,12-13H2,(H,20,25)(H,21,22,26);1H,(H,2,3). The molecular weight excluding hydrogens is 376 g/mol. The number of nitrogens with zero attached hydrogens (tertiary/aromatic N) is 2. The van der Waals surface area contributed by atoms with Crippen molar-refractivity contribution in [3.8, 4) is 11.1 Å². The number of likely N-dealkylation sites (tertiary alicyclic amines) is 1. The molecule has 3 rings (SSSR count).